The third-order valence-corrected chi connectivity index (χ3v) is 2.27. The van der Waals surface area contributed by atoms with Crippen molar-refractivity contribution in [2.24, 2.45) is 0 Å². The van der Waals surface area contributed by atoms with Crippen LogP contribution in [0, 0.1) is 0 Å². The standard InChI is InChI=1S/C12H10.H4NO4P/c1-3-7-11(8-4-1)12-9-5-2-6-10-12;2-1-6(3,4)5/h1-10H;2H,(H3,1,3,4,5). The Balaban J connectivity index is 0.000000232. The predicted molar refractivity (Wildman–Crippen MR) is 68.8 cm³/mol. The Bertz CT molecular complexity index is 461. The Morgan fingerprint density at radius 3 is 1.28 bits per heavy atom. The highest BCUT2D eigenvalue weighted by Gasteiger charge is 2.06. The second kappa shape index (κ2) is 7.06. The number of hydrogen-bond donors (Lipinski definition) is 4. The molecule has 0 saturated carbocycles. The van der Waals surface area contributed by atoms with E-state index in [0.29, 0.717) is 0 Å². The van der Waals surface area contributed by atoms with Gasteiger partial charge in [0.1, 0.15) is 0 Å². The fraction of sp³-hybridized carbons (Fsp3) is 0. The summed E-state index contributed by atoms with van der Waals surface area (Å²) in [5, 5.41) is 8.16. The lowest BCUT2D eigenvalue weighted by molar-refractivity contribution is 0.194. The van der Waals surface area contributed by atoms with Gasteiger partial charge in [0.15, 0.2) is 0 Å². The maximum Gasteiger partial charge on any atom is 0.423 e. The van der Waals surface area contributed by atoms with Gasteiger partial charge in [0.25, 0.3) is 0 Å². The second-order valence-electron chi connectivity index (χ2n) is 3.38. The quantitative estimate of drug-likeness (QED) is 0.495. The third kappa shape index (κ3) is 5.72. The molecule has 4 N–H and O–H groups in total. The van der Waals surface area contributed by atoms with Crippen LogP contribution in [0.4, 0.5) is 0 Å². The van der Waals surface area contributed by atoms with Gasteiger partial charge in [-0.3, -0.25) is 0 Å². The third-order valence-electron chi connectivity index (χ3n) is 2.01. The summed E-state index contributed by atoms with van der Waals surface area (Å²) < 4.78 is 9.33. The molecule has 0 saturated heterocycles. The minimum Gasteiger partial charge on any atom is -0.311 e. The van der Waals surface area contributed by atoms with E-state index in [1.165, 1.54) is 11.1 Å². The van der Waals surface area contributed by atoms with E-state index >= 15 is 0 Å². The maximum absolute atomic E-state index is 9.33. The van der Waals surface area contributed by atoms with Gasteiger partial charge in [0, 0.05) is 0 Å². The summed E-state index contributed by atoms with van der Waals surface area (Å²) in [6.07, 6.45) is 0. The molecule has 0 heterocycles. The fourth-order valence-corrected chi connectivity index (χ4v) is 1.26. The van der Waals surface area contributed by atoms with Crippen LogP contribution in [0.1, 0.15) is 0 Å². The molecule has 18 heavy (non-hydrogen) atoms. The molecule has 2 aromatic rings. The average Bonchev–Trinajstić information content (AvgIpc) is 2.41. The van der Waals surface area contributed by atoms with Gasteiger partial charge < -0.3 is 15.0 Å². The largest absolute Gasteiger partial charge is 0.423 e. The lowest BCUT2D eigenvalue weighted by Crippen LogP contribution is -2.00. The van der Waals surface area contributed by atoms with Gasteiger partial charge in [-0.15, -0.1) is 5.25 Å². The van der Waals surface area contributed by atoms with Gasteiger partial charge in [-0.25, -0.2) is 4.57 Å². The molecule has 0 radical (unpaired) electrons. The topological polar surface area (TPSA) is 89.8 Å². The van der Waals surface area contributed by atoms with E-state index in [1.54, 1.807) is 0 Å². The lowest BCUT2D eigenvalue weighted by Gasteiger charge is -1.98. The molecule has 96 valence electrons. The average molecular weight is 267 g/mol. The molecule has 6 heteroatoms. The van der Waals surface area contributed by atoms with Crippen molar-refractivity contribution in [3.8, 4) is 11.1 Å². The molecule has 0 fully saturated rings. The van der Waals surface area contributed by atoms with E-state index in [1.807, 2.05) is 12.1 Å². The van der Waals surface area contributed by atoms with Crippen molar-refractivity contribution in [3.63, 3.8) is 0 Å². The Morgan fingerprint density at radius 1 is 0.778 bits per heavy atom. The first kappa shape index (κ1) is 14.6. The molecule has 2 rings (SSSR count). The minimum absolute atomic E-state index is 0.771. The van der Waals surface area contributed by atoms with Crippen LogP contribution in [0.3, 0.4) is 0 Å². The monoisotopic (exact) mass is 267 g/mol. The van der Waals surface area contributed by atoms with E-state index in [9.17, 15) is 4.57 Å². The first-order chi connectivity index (χ1) is 8.53. The van der Waals surface area contributed by atoms with Crippen LogP contribution < -0.4 is 5.25 Å². The van der Waals surface area contributed by atoms with Crippen molar-refractivity contribution in [2.45, 2.75) is 0 Å². The first-order valence-electron chi connectivity index (χ1n) is 5.10. The number of hydrogen-bond acceptors (Lipinski definition) is 2. The molecular weight excluding hydrogens is 253 g/mol. The summed E-state index contributed by atoms with van der Waals surface area (Å²) in [7, 11) is -4.34. The van der Waals surface area contributed by atoms with E-state index in [0.717, 1.165) is 5.25 Å². The van der Waals surface area contributed by atoms with E-state index in [4.69, 9.17) is 15.0 Å². The van der Waals surface area contributed by atoms with Gasteiger partial charge in [-0.05, 0) is 11.1 Å². The highest BCUT2D eigenvalue weighted by molar-refractivity contribution is 7.49. The number of nitrogens with one attached hydrogen (secondary N) is 1. The lowest BCUT2D eigenvalue weighted by atomic mass is 10.1. The summed E-state index contributed by atoms with van der Waals surface area (Å²) in [5.41, 5.74) is 2.55. The van der Waals surface area contributed by atoms with Crippen LogP contribution in [-0.4, -0.2) is 15.0 Å². The zero-order valence-electron chi connectivity index (χ0n) is 9.47. The van der Waals surface area contributed by atoms with Crippen molar-refractivity contribution in [2.75, 3.05) is 0 Å². The van der Waals surface area contributed by atoms with Crippen LogP contribution >= 0.6 is 7.75 Å². The van der Waals surface area contributed by atoms with Crippen LogP contribution in [-0.2, 0) is 4.57 Å². The SMILES string of the molecule is O=P(O)(O)NO.c1ccc(-c2ccccc2)cc1. The van der Waals surface area contributed by atoms with Gasteiger partial charge in [0.2, 0.25) is 0 Å². The Morgan fingerprint density at radius 2 is 1.06 bits per heavy atom. The fourth-order valence-electron chi connectivity index (χ4n) is 1.26. The number of benzene rings is 2. The molecule has 0 aliphatic rings. The summed E-state index contributed by atoms with van der Waals surface area (Å²) in [6, 6.07) is 20.8. The highest BCUT2D eigenvalue weighted by Crippen LogP contribution is 2.25. The Hall–Kier alpha value is -1.49. The van der Waals surface area contributed by atoms with Crippen molar-refractivity contribution in [1.82, 2.24) is 5.25 Å². The van der Waals surface area contributed by atoms with Gasteiger partial charge in [-0.1, -0.05) is 60.7 Å². The molecule has 0 aromatic heterocycles. The summed E-state index contributed by atoms with van der Waals surface area (Å²) >= 11 is 0. The summed E-state index contributed by atoms with van der Waals surface area (Å²) in [4.78, 5) is 15.2. The van der Waals surface area contributed by atoms with Gasteiger partial charge in [0.05, 0.1) is 0 Å². The highest BCUT2D eigenvalue weighted by atomic mass is 31.2. The van der Waals surface area contributed by atoms with Gasteiger partial charge in [-0.2, -0.15) is 0 Å². The van der Waals surface area contributed by atoms with Gasteiger partial charge >= 0.3 is 7.75 Å². The molecule has 0 amide bonds. The van der Waals surface area contributed by atoms with E-state index in [-0.39, 0.29) is 0 Å². The smallest absolute Gasteiger partial charge is 0.311 e. The minimum atomic E-state index is -4.34. The molecule has 2 aromatic carbocycles. The summed E-state index contributed by atoms with van der Waals surface area (Å²) in [6.45, 7) is 0. The predicted octanol–water partition coefficient (Wildman–Crippen LogP) is 2.41. The van der Waals surface area contributed by atoms with Crippen LogP contribution in [0.5, 0.6) is 0 Å². The van der Waals surface area contributed by atoms with Crippen molar-refractivity contribution in [1.29, 1.82) is 0 Å². The molecule has 0 bridgehead atoms. The van der Waals surface area contributed by atoms with Crippen molar-refractivity contribution >= 4 is 7.75 Å². The van der Waals surface area contributed by atoms with E-state index in [2.05, 4.69) is 48.5 Å². The zero-order valence-corrected chi connectivity index (χ0v) is 10.4. The molecule has 0 aliphatic carbocycles. The maximum atomic E-state index is 9.33. The van der Waals surface area contributed by atoms with E-state index < -0.39 is 7.75 Å². The number of rotatable bonds is 2. The Kier molecular flexibility index (Phi) is 5.71. The molecule has 0 aliphatic heterocycles. The zero-order chi connectivity index (χ0) is 13.4. The first-order valence-corrected chi connectivity index (χ1v) is 6.71. The second-order valence-corrected chi connectivity index (χ2v) is 4.66. The van der Waals surface area contributed by atoms with Crippen molar-refractivity contribution in [3.05, 3.63) is 60.7 Å². The molecule has 0 unspecified atom stereocenters. The Labute approximate surface area is 105 Å². The van der Waals surface area contributed by atoms with Crippen molar-refractivity contribution < 1.29 is 19.6 Å². The molecule has 0 spiro atoms. The summed E-state index contributed by atoms with van der Waals surface area (Å²) in [5.74, 6) is 0. The molecular formula is C12H14NO4P. The normalized spacial score (nSPS) is 10.4. The molecule has 5 nitrogen and oxygen atoms in total. The molecule has 0 atom stereocenters. The van der Waals surface area contributed by atoms with Crippen LogP contribution in [0.2, 0.25) is 0 Å². The van der Waals surface area contributed by atoms with Crippen LogP contribution in [0.25, 0.3) is 11.1 Å². The van der Waals surface area contributed by atoms with Crippen LogP contribution in [0.15, 0.2) is 60.7 Å².